The molecule has 2 aromatic carbocycles. The molecule has 0 spiro atoms. The maximum Gasteiger partial charge on any atom is 0.238 e. The molecule has 0 radical (unpaired) electrons. The highest BCUT2D eigenvalue weighted by Crippen LogP contribution is 2.22. The molecule has 0 aromatic heterocycles. The van der Waals surface area contributed by atoms with Crippen LogP contribution in [0.5, 0.6) is 0 Å². The number of carbonyl (C=O) groups is 1. The number of nitrogens with two attached hydrogens (primary N) is 1. The van der Waals surface area contributed by atoms with Crippen molar-refractivity contribution in [2.45, 2.75) is 38.1 Å². The lowest BCUT2D eigenvalue weighted by Crippen LogP contribution is -2.33. The van der Waals surface area contributed by atoms with Crippen LogP contribution in [0.15, 0.2) is 53.4 Å². The Bertz CT molecular complexity index is 860. The van der Waals surface area contributed by atoms with Gasteiger partial charge in [-0.2, -0.15) is 0 Å². The van der Waals surface area contributed by atoms with Crippen LogP contribution in [0, 0.1) is 5.92 Å². The quantitative estimate of drug-likeness (QED) is 0.646. The summed E-state index contributed by atoms with van der Waals surface area (Å²) >= 11 is 0. The first-order valence-corrected chi connectivity index (χ1v) is 10.5. The van der Waals surface area contributed by atoms with E-state index in [0.717, 1.165) is 12.0 Å². The van der Waals surface area contributed by atoms with Crippen LogP contribution in [-0.2, 0) is 21.2 Å². The highest BCUT2D eigenvalue weighted by atomic mass is 32.2. The Morgan fingerprint density at radius 3 is 2.11 bits per heavy atom. The van der Waals surface area contributed by atoms with Gasteiger partial charge in [-0.25, -0.2) is 13.6 Å². The van der Waals surface area contributed by atoms with E-state index in [0.29, 0.717) is 11.6 Å². The highest BCUT2D eigenvalue weighted by molar-refractivity contribution is 7.89. The third-order valence-electron chi connectivity index (χ3n) is 4.36. The number of benzene rings is 2. The molecule has 0 fully saturated rings. The SMILES string of the molecule is CCc1ccc([C@H](NCC(=O)Nc2ccc(S(N)(=O)=O)cc2)C(C)C)cc1. The molecule has 2 rings (SSSR count). The van der Waals surface area contributed by atoms with Crippen molar-refractivity contribution in [1.82, 2.24) is 5.32 Å². The monoisotopic (exact) mass is 389 g/mol. The Morgan fingerprint density at radius 2 is 1.63 bits per heavy atom. The van der Waals surface area contributed by atoms with Crippen molar-refractivity contribution in [1.29, 1.82) is 0 Å². The minimum Gasteiger partial charge on any atom is -0.325 e. The lowest BCUT2D eigenvalue weighted by Gasteiger charge is -2.23. The van der Waals surface area contributed by atoms with E-state index in [-0.39, 0.29) is 23.4 Å². The number of hydrogen-bond donors (Lipinski definition) is 3. The Kier molecular flexibility index (Phi) is 7.12. The Hall–Kier alpha value is -2.22. The number of nitrogens with one attached hydrogen (secondary N) is 2. The second kappa shape index (κ2) is 9.12. The van der Waals surface area contributed by atoms with Crippen LogP contribution in [-0.4, -0.2) is 20.9 Å². The molecule has 4 N–H and O–H groups in total. The summed E-state index contributed by atoms with van der Waals surface area (Å²) in [5.41, 5.74) is 2.94. The zero-order valence-corrected chi connectivity index (χ0v) is 16.7. The third kappa shape index (κ3) is 6.16. The normalized spacial score (nSPS) is 12.8. The standard InChI is InChI=1S/C20H27N3O3S/c1-4-15-5-7-16(8-6-15)20(14(2)3)22-13-19(24)23-17-9-11-18(12-10-17)27(21,25)26/h5-12,14,20,22H,4,13H2,1-3H3,(H,23,24)(H2,21,25,26)/t20-/m1/s1. The van der Waals surface area contributed by atoms with Crippen LogP contribution in [0.3, 0.4) is 0 Å². The molecule has 0 saturated carbocycles. The first-order valence-electron chi connectivity index (χ1n) is 8.95. The molecule has 6 nitrogen and oxygen atoms in total. The van der Waals surface area contributed by atoms with Crippen LogP contribution < -0.4 is 15.8 Å². The van der Waals surface area contributed by atoms with Crippen molar-refractivity contribution in [3.8, 4) is 0 Å². The van der Waals surface area contributed by atoms with Crippen LogP contribution in [0.25, 0.3) is 0 Å². The summed E-state index contributed by atoms with van der Waals surface area (Å²) < 4.78 is 22.5. The second-order valence-corrected chi connectivity index (χ2v) is 8.38. The van der Waals surface area contributed by atoms with Crippen LogP contribution >= 0.6 is 0 Å². The summed E-state index contributed by atoms with van der Waals surface area (Å²) in [6, 6.07) is 14.2. The Labute approximate surface area is 161 Å². The van der Waals surface area contributed by atoms with E-state index in [1.165, 1.54) is 29.8 Å². The predicted octanol–water partition coefficient (Wildman–Crippen LogP) is 2.82. The van der Waals surface area contributed by atoms with Crippen molar-refractivity contribution in [3.63, 3.8) is 0 Å². The number of aryl methyl sites for hydroxylation is 1. The van der Waals surface area contributed by atoms with Gasteiger partial charge in [0, 0.05) is 11.7 Å². The second-order valence-electron chi connectivity index (χ2n) is 6.82. The van der Waals surface area contributed by atoms with Gasteiger partial charge in [0.05, 0.1) is 11.4 Å². The van der Waals surface area contributed by atoms with Crippen molar-refractivity contribution in [2.24, 2.45) is 11.1 Å². The summed E-state index contributed by atoms with van der Waals surface area (Å²) in [5, 5.41) is 11.1. The first-order chi connectivity index (χ1) is 12.7. The van der Waals surface area contributed by atoms with Crippen LogP contribution in [0.2, 0.25) is 0 Å². The molecule has 2 aromatic rings. The zero-order chi connectivity index (χ0) is 20.0. The molecule has 0 aliphatic rings. The fourth-order valence-corrected chi connectivity index (χ4v) is 3.35. The Morgan fingerprint density at radius 1 is 1.04 bits per heavy atom. The topological polar surface area (TPSA) is 101 Å². The molecule has 0 bridgehead atoms. The average Bonchev–Trinajstić information content (AvgIpc) is 2.62. The van der Waals surface area contributed by atoms with Crippen molar-refractivity contribution >= 4 is 21.6 Å². The Balaban J connectivity index is 1.97. The van der Waals surface area contributed by atoms with E-state index < -0.39 is 10.0 Å². The van der Waals surface area contributed by atoms with Crippen molar-refractivity contribution in [2.75, 3.05) is 11.9 Å². The summed E-state index contributed by atoms with van der Waals surface area (Å²) in [7, 11) is -3.74. The van der Waals surface area contributed by atoms with Gasteiger partial charge >= 0.3 is 0 Å². The number of rotatable bonds is 8. The summed E-state index contributed by atoms with van der Waals surface area (Å²) in [4.78, 5) is 12.2. The van der Waals surface area contributed by atoms with Gasteiger partial charge in [0.15, 0.2) is 0 Å². The van der Waals surface area contributed by atoms with E-state index >= 15 is 0 Å². The van der Waals surface area contributed by atoms with E-state index in [1.54, 1.807) is 0 Å². The summed E-state index contributed by atoms with van der Waals surface area (Å²) in [6.45, 7) is 6.48. The van der Waals surface area contributed by atoms with Gasteiger partial charge in [0.2, 0.25) is 15.9 Å². The van der Waals surface area contributed by atoms with Crippen LogP contribution in [0.1, 0.15) is 37.9 Å². The molecule has 7 heteroatoms. The first kappa shape index (κ1) is 21.1. The molecule has 0 heterocycles. The highest BCUT2D eigenvalue weighted by Gasteiger charge is 2.16. The predicted molar refractivity (Wildman–Crippen MR) is 108 cm³/mol. The smallest absolute Gasteiger partial charge is 0.238 e. The number of sulfonamides is 1. The van der Waals surface area contributed by atoms with E-state index in [9.17, 15) is 13.2 Å². The molecule has 0 saturated heterocycles. The maximum atomic E-state index is 12.2. The fraction of sp³-hybridized carbons (Fsp3) is 0.350. The molecule has 146 valence electrons. The molecule has 0 aliphatic carbocycles. The minimum absolute atomic E-state index is 0.00835. The summed E-state index contributed by atoms with van der Waals surface area (Å²) in [6.07, 6.45) is 0.993. The molecule has 1 atom stereocenters. The maximum absolute atomic E-state index is 12.2. The average molecular weight is 390 g/mol. The molecule has 27 heavy (non-hydrogen) atoms. The van der Waals surface area contributed by atoms with Gasteiger partial charge < -0.3 is 10.6 Å². The van der Waals surface area contributed by atoms with E-state index in [4.69, 9.17) is 5.14 Å². The molecule has 0 unspecified atom stereocenters. The minimum atomic E-state index is -3.74. The lowest BCUT2D eigenvalue weighted by molar-refractivity contribution is -0.115. The number of hydrogen-bond acceptors (Lipinski definition) is 4. The number of amides is 1. The molecular weight excluding hydrogens is 362 g/mol. The largest absolute Gasteiger partial charge is 0.325 e. The lowest BCUT2D eigenvalue weighted by atomic mass is 9.95. The molecule has 0 aliphatic heterocycles. The van der Waals surface area contributed by atoms with E-state index in [1.807, 2.05) is 0 Å². The summed E-state index contributed by atoms with van der Waals surface area (Å²) in [5.74, 6) is 0.119. The van der Waals surface area contributed by atoms with Gasteiger partial charge in [-0.05, 0) is 47.7 Å². The van der Waals surface area contributed by atoms with Gasteiger partial charge in [0.1, 0.15) is 0 Å². The van der Waals surface area contributed by atoms with Gasteiger partial charge in [-0.1, -0.05) is 45.0 Å². The third-order valence-corrected chi connectivity index (χ3v) is 5.29. The van der Waals surface area contributed by atoms with Crippen molar-refractivity contribution < 1.29 is 13.2 Å². The van der Waals surface area contributed by atoms with Crippen molar-refractivity contribution in [3.05, 3.63) is 59.7 Å². The molecule has 1 amide bonds. The van der Waals surface area contributed by atoms with Gasteiger partial charge in [-0.15, -0.1) is 0 Å². The van der Waals surface area contributed by atoms with Gasteiger partial charge in [-0.3, -0.25) is 4.79 Å². The number of anilines is 1. The van der Waals surface area contributed by atoms with Crippen LogP contribution in [0.4, 0.5) is 5.69 Å². The number of carbonyl (C=O) groups excluding carboxylic acids is 1. The zero-order valence-electron chi connectivity index (χ0n) is 15.9. The fourth-order valence-electron chi connectivity index (χ4n) is 2.83. The molecular formula is C20H27N3O3S. The van der Waals surface area contributed by atoms with E-state index in [2.05, 4.69) is 55.7 Å². The number of primary sulfonamides is 1. The van der Waals surface area contributed by atoms with Gasteiger partial charge in [0.25, 0.3) is 0 Å².